The van der Waals surface area contributed by atoms with Crippen LogP contribution < -0.4 is 29.1 Å². The molecule has 2 heterocycles. The summed E-state index contributed by atoms with van der Waals surface area (Å²) in [6.45, 7) is 6.10. The third kappa shape index (κ3) is 5.32. The number of rotatable bonds is 8. The summed E-state index contributed by atoms with van der Waals surface area (Å²) in [4.78, 5) is 32.1. The number of nitrogens with zero attached hydrogens (tertiary/aromatic N) is 2. The molecule has 0 spiro atoms. The Balaban J connectivity index is 1.96. The van der Waals surface area contributed by atoms with Crippen LogP contribution in [0.15, 0.2) is 60.3 Å². The number of aromatic nitrogens is 1. The Morgan fingerprint density at radius 2 is 1.82 bits per heavy atom. The fraction of sp³-hybridized carbons (Fsp3) is 0.296. The number of ether oxygens (including phenoxy) is 4. The first-order valence-electron chi connectivity index (χ1n) is 11.8. The molecule has 0 N–H and O–H groups in total. The molecule has 38 heavy (non-hydrogen) atoms. The maximum atomic E-state index is 13.9. The van der Waals surface area contributed by atoms with Crippen LogP contribution in [0.25, 0.3) is 6.08 Å². The van der Waals surface area contributed by atoms with Gasteiger partial charge < -0.3 is 18.9 Å². The van der Waals surface area contributed by atoms with Gasteiger partial charge in [-0.2, -0.15) is 0 Å². The van der Waals surface area contributed by atoms with E-state index < -0.39 is 12.0 Å². The molecule has 0 aliphatic carbocycles. The number of methoxy groups -OCH3 is 2. The Morgan fingerprint density at radius 1 is 1.11 bits per heavy atom. The third-order valence-corrected chi connectivity index (χ3v) is 8.02. The zero-order valence-electron chi connectivity index (χ0n) is 21.5. The lowest BCUT2D eigenvalue weighted by molar-refractivity contribution is -0.139. The van der Waals surface area contributed by atoms with Crippen LogP contribution >= 0.6 is 43.2 Å². The Labute approximate surface area is 240 Å². The molecule has 8 nitrogen and oxygen atoms in total. The first kappa shape index (κ1) is 28.1. The van der Waals surface area contributed by atoms with Crippen molar-refractivity contribution >= 4 is 55.2 Å². The van der Waals surface area contributed by atoms with Gasteiger partial charge in [-0.15, -0.1) is 0 Å². The number of hydrogen-bond donors (Lipinski definition) is 0. The van der Waals surface area contributed by atoms with E-state index in [4.69, 9.17) is 18.9 Å². The van der Waals surface area contributed by atoms with Gasteiger partial charge in [-0.1, -0.05) is 11.3 Å². The van der Waals surface area contributed by atoms with Gasteiger partial charge in [0.15, 0.2) is 4.80 Å². The number of thiazole rings is 1. The van der Waals surface area contributed by atoms with E-state index in [0.29, 0.717) is 44.4 Å². The standard InChI is InChI=1S/C27H26Br2N2O6S/c1-6-36-24-18(28)10-15(11-19(24)29)12-21-25(32)31-23(17-9-8-16(34-4)13-20(17)35-5)22(26(33)37-7-2)14(3)30-27(31)38-21/h8-13,23H,6-7H2,1-5H3/b21-12-/t23-/m1/s1. The fourth-order valence-corrected chi connectivity index (χ4v) is 6.72. The lowest BCUT2D eigenvalue weighted by Crippen LogP contribution is -2.40. The van der Waals surface area contributed by atoms with E-state index in [1.165, 1.54) is 23.0 Å². The maximum Gasteiger partial charge on any atom is 0.338 e. The van der Waals surface area contributed by atoms with Gasteiger partial charge in [0.05, 0.1) is 52.2 Å². The van der Waals surface area contributed by atoms with Gasteiger partial charge in [0.25, 0.3) is 5.56 Å². The van der Waals surface area contributed by atoms with Crippen molar-refractivity contribution in [2.75, 3.05) is 27.4 Å². The molecule has 4 rings (SSSR count). The van der Waals surface area contributed by atoms with Gasteiger partial charge in [0, 0.05) is 11.6 Å². The SMILES string of the molecule is CCOC(=O)C1=C(C)N=c2s/c(=C\c3cc(Br)c(OCC)c(Br)c3)c(=O)n2[C@@H]1c1ccc(OC)cc1OC. The second-order valence-corrected chi connectivity index (χ2v) is 10.9. The van der Waals surface area contributed by atoms with Crippen LogP contribution in [0.2, 0.25) is 0 Å². The highest BCUT2D eigenvalue weighted by Gasteiger charge is 2.35. The zero-order chi connectivity index (χ0) is 27.6. The molecule has 0 saturated heterocycles. The molecule has 0 radical (unpaired) electrons. The number of benzene rings is 2. The monoisotopic (exact) mass is 664 g/mol. The van der Waals surface area contributed by atoms with Gasteiger partial charge in [0.1, 0.15) is 23.3 Å². The summed E-state index contributed by atoms with van der Waals surface area (Å²) in [5.74, 6) is 1.21. The normalized spacial score (nSPS) is 15.1. The van der Waals surface area contributed by atoms with Gasteiger partial charge in [-0.05, 0) is 88.5 Å². The average molecular weight is 666 g/mol. The molecule has 0 bridgehead atoms. The summed E-state index contributed by atoms with van der Waals surface area (Å²) in [5, 5.41) is 0. The van der Waals surface area contributed by atoms with Crippen LogP contribution in [0.5, 0.6) is 17.2 Å². The van der Waals surface area contributed by atoms with Crippen molar-refractivity contribution in [2.24, 2.45) is 4.99 Å². The largest absolute Gasteiger partial charge is 0.497 e. The van der Waals surface area contributed by atoms with E-state index in [1.807, 2.05) is 19.1 Å². The molecule has 2 aromatic carbocycles. The highest BCUT2D eigenvalue weighted by molar-refractivity contribution is 9.11. The minimum Gasteiger partial charge on any atom is -0.497 e. The second-order valence-electron chi connectivity index (χ2n) is 8.16. The van der Waals surface area contributed by atoms with Gasteiger partial charge in [0.2, 0.25) is 0 Å². The number of carbonyl (C=O) groups excluding carboxylic acids is 1. The molecular weight excluding hydrogens is 640 g/mol. The van der Waals surface area contributed by atoms with Crippen molar-refractivity contribution in [2.45, 2.75) is 26.8 Å². The van der Waals surface area contributed by atoms with Crippen molar-refractivity contribution in [3.63, 3.8) is 0 Å². The Kier molecular flexibility index (Phi) is 8.79. The molecule has 0 amide bonds. The molecular formula is C27H26Br2N2O6S. The van der Waals surface area contributed by atoms with Crippen LogP contribution in [0.3, 0.4) is 0 Å². The molecule has 0 unspecified atom stereocenters. The van der Waals surface area contributed by atoms with Crippen LogP contribution in [-0.2, 0) is 9.53 Å². The smallest absolute Gasteiger partial charge is 0.338 e. The number of hydrogen-bond acceptors (Lipinski definition) is 8. The molecule has 0 saturated carbocycles. The Bertz CT molecular complexity index is 1590. The van der Waals surface area contributed by atoms with Crippen molar-refractivity contribution in [1.29, 1.82) is 0 Å². The predicted molar refractivity (Wildman–Crippen MR) is 153 cm³/mol. The molecule has 11 heteroatoms. The van der Waals surface area contributed by atoms with E-state index in [2.05, 4.69) is 36.9 Å². The Morgan fingerprint density at radius 3 is 2.42 bits per heavy atom. The summed E-state index contributed by atoms with van der Waals surface area (Å²) in [6.07, 6.45) is 1.79. The summed E-state index contributed by atoms with van der Waals surface area (Å²) < 4.78 is 25.6. The van der Waals surface area contributed by atoms with E-state index in [-0.39, 0.29) is 17.7 Å². The minimum atomic E-state index is -0.799. The minimum absolute atomic E-state index is 0.188. The average Bonchev–Trinajstić information content (AvgIpc) is 3.19. The number of esters is 1. The lowest BCUT2D eigenvalue weighted by Gasteiger charge is -2.26. The highest BCUT2D eigenvalue weighted by atomic mass is 79.9. The third-order valence-electron chi connectivity index (χ3n) is 5.86. The van der Waals surface area contributed by atoms with Crippen molar-refractivity contribution < 1.29 is 23.7 Å². The van der Waals surface area contributed by atoms with E-state index in [0.717, 1.165) is 14.5 Å². The molecule has 1 aromatic heterocycles. The van der Waals surface area contributed by atoms with Gasteiger partial charge in [-0.25, -0.2) is 9.79 Å². The Hall–Kier alpha value is -2.89. The molecule has 3 aromatic rings. The van der Waals surface area contributed by atoms with E-state index in [1.54, 1.807) is 45.2 Å². The quantitative estimate of drug-likeness (QED) is 0.323. The molecule has 1 aliphatic rings. The van der Waals surface area contributed by atoms with E-state index >= 15 is 0 Å². The highest BCUT2D eigenvalue weighted by Crippen LogP contribution is 2.38. The fourth-order valence-electron chi connectivity index (χ4n) is 4.23. The summed E-state index contributed by atoms with van der Waals surface area (Å²) in [7, 11) is 3.09. The first-order chi connectivity index (χ1) is 18.2. The number of fused-ring (bicyclic) bond motifs is 1. The maximum absolute atomic E-state index is 13.9. The lowest BCUT2D eigenvalue weighted by atomic mass is 9.95. The van der Waals surface area contributed by atoms with Crippen LogP contribution in [0.1, 0.15) is 37.9 Å². The molecule has 200 valence electrons. The number of allylic oxidation sites excluding steroid dienone is 1. The predicted octanol–water partition coefficient (Wildman–Crippen LogP) is 4.74. The van der Waals surface area contributed by atoms with Crippen molar-refractivity contribution in [1.82, 2.24) is 4.57 Å². The summed E-state index contributed by atoms with van der Waals surface area (Å²) >= 11 is 8.34. The summed E-state index contributed by atoms with van der Waals surface area (Å²) in [6, 6.07) is 8.24. The first-order valence-corrected chi connectivity index (χ1v) is 14.2. The van der Waals surface area contributed by atoms with Gasteiger partial charge >= 0.3 is 5.97 Å². The van der Waals surface area contributed by atoms with Crippen LogP contribution in [-0.4, -0.2) is 38.0 Å². The molecule has 1 aliphatic heterocycles. The number of carbonyl (C=O) groups is 1. The van der Waals surface area contributed by atoms with Gasteiger partial charge in [-0.3, -0.25) is 9.36 Å². The van der Waals surface area contributed by atoms with Crippen LogP contribution in [0.4, 0.5) is 0 Å². The van der Waals surface area contributed by atoms with Crippen LogP contribution in [0, 0.1) is 0 Å². The second kappa shape index (κ2) is 11.9. The molecule has 0 fully saturated rings. The number of halogens is 2. The zero-order valence-corrected chi connectivity index (χ0v) is 25.5. The van der Waals surface area contributed by atoms with E-state index in [9.17, 15) is 9.59 Å². The topological polar surface area (TPSA) is 88.4 Å². The summed E-state index contributed by atoms with van der Waals surface area (Å²) in [5.41, 5.74) is 1.88. The van der Waals surface area contributed by atoms with Crippen molar-refractivity contribution in [3.8, 4) is 17.2 Å². The van der Waals surface area contributed by atoms with Crippen molar-refractivity contribution in [3.05, 3.63) is 81.4 Å². The molecule has 1 atom stereocenters.